The first-order valence-corrected chi connectivity index (χ1v) is 8.09. The Hall–Kier alpha value is -1.94. The average molecular weight is 300 g/mol. The lowest BCUT2D eigenvalue weighted by molar-refractivity contribution is -0.114. The first kappa shape index (κ1) is 15.4. The van der Waals surface area contributed by atoms with Gasteiger partial charge in [-0.25, -0.2) is 0 Å². The molecule has 0 saturated carbocycles. The molecule has 0 bridgehead atoms. The topological polar surface area (TPSA) is 41.1 Å². The molecule has 110 valence electrons. The van der Waals surface area contributed by atoms with E-state index in [4.69, 9.17) is 0 Å². The third-order valence-corrected chi connectivity index (χ3v) is 3.98. The van der Waals surface area contributed by atoms with Crippen molar-refractivity contribution < 1.29 is 4.79 Å². The lowest BCUT2D eigenvalue weighted by Crippen LogP contribution is -2.09. The summed E-state index contributed by atoms with van der Waals surface area (Å²) in [6, 6.07) is 16.3. The van der Waals surface area contributed by atoms with Crippen molar-refractivity contribution in [2.24, 2.45) is 0 Å². The van der Waals surface area contributed by atoms with Gasteiger partial charge in [0.05, 0.1) is 0 Å². The summed E-state index contributed by atoms with van der Waals surface area (Å²) in [5.74, 6) is -0.0551. The Balaban J connectivity index is 2.16. The number of hydrogen-bond acceptors (Lipinski definition) is 3. The predicted octanol–water partition coefficient (Wildman–Crippen LogP) is 4.54. The van der Waals surface area contributed by atoms with Crippen LogP contribution in [0.5, 0.6) is 0 Å². The molecule has 0 aliphatic heterocycles. The van der Waals surface area contributed by atoms with Gasteiger partial charge in [-0.1, -0.05) is 24.3 Å². The minimum Gasteiger partial charge on any atom is -0.378 e. The summed E-state index contributed by atoms with van der Waals surface area (Å²) in [7, 11) is 0. The number of carbonyl (C=O) groups excluding carboxylic acids is 1. The van der Waals surface area contributed by atoms with Gasteiger partial charge in [-0.2, -0.15) is 0 Å². The van der Waals surface area contributed by atoms with Crippen LogP contribution in [0.1, 0.15) is 25.5 Å². The number of rotatable bonds is 5. The number of hydrogen-bond donors (Lipinski definition) is 2. The molecule has 0 spiro atoms. The maximum absolute atomic E-state index is 11.1. The Kier molecular flexibility index (Phi) is 5.28. The molecule has 21 heavy (non-hydrogen) atoms. The number of thioether (sulfide) groups is 1. The van der Waals surface area contributed by atoms with E-state index in [1.807, 2.05) is 30.3 Å². The molecule has 0 fully saturated rings. The highest BCUT2D eigenvalue weighted by atomic mass is 32.2. The van der Waals surface area contributed by atoms with Gasteiger partial charge in [-0.15, -0.1) is 11.8 Å². The molecule has 0 aliphatic rings. The normalized spacial score (nSPS) is 11.8. The summed E-state index contributed by atoms with van der Waals surface area (Å²) in [5, 5.41) is 6.34. The van der Waals surface area contributed by atoms with Crippen molar-refractivity contribution >= 4 is 29.0 Å². The summed E-state index contributed by atoms with van der Waals surface area (Å²) in [6.07, 6.45) is 2.07. The fourth-order valence-corrected chi connectivity index (χ4v) is 2.73. The molecule has 1 amide bonds. The van der Waals surface area contributed by atoms with Gasteiger partial charge in [0.1, 0.15) is 0 Å². The van der Waals surface area contributed by atoms with E-state index in [1.165, 1.54) is 11.8 Å². The van der Waals surface area contributed by atoms with Crippen LogP contribution in [0.2, 0.25) is 0 Å². The van der Waals surface area contributed by atoms with Gasteiger partial charge in [0.25, 0.3) is 0 Å². The maximum atomic E-state index is 11.1. The van der Waals surface area contributed by atoms with E-state index >= 15 is 0 Å². The molecular formula is C17H20N2OS. The minimum absolute atomic E-state index is 0.0551. The molecule has 0 aliphatic carbocycles. The van der Waals surface area contributed by atoms with Crippen molar-refractivity contribution in [3.05, 3.63) is 54.1 Å². The van der Waals surface area contributed by atoms with Crippen molar-refractivity contribution in [2.45, 2.75) is 24.8 Å². The van der Waals surface area contributed by atoms with Crippen molar-refractivity contribution in [1.82, 2.24) is 0 Å². The standard InChI is InChI=1S/C17H20N2OS/c1-12(18-16-9-4-5-10-17(16)21-3)14-7-6-8-15(11-14)19-13(2)20/h4-12,18H,1-3H3,(H,19,20). The molecule has 2 aromatic rings. The molecule has 4 heteroatoms. The number of anilines is 2. The highest BCUT2D eigenvalue weighted by Gasteiger charge is 2.08. The Morgan fingerprint density at radius 3 is 2.62 bits per heavy atom. The van der Waals surface area contributed by atoms with Crippen LogP contribution in [0.15, 0.2) is 53.4 Å². The van der Waals surface area contributed by atoms with Crippen LogP contribution in [-0.4, -0.2) is 12.2 Å². The predicted molar refractivity (Wildman–Crippen MR) is 91.0 cm³/mol. The van der Waals surface area contributed by atoms with E-state index in [0.717, 1.165) is 16.9 Å². The van der Waals surface area contributed by atoms with E-state index < -0.39 is 0 Å². The zero-order chi connectivity index (χ0) is 15.2. The van der Waals surface area contributed by atoms with Crippen LogP contribution in [-0.2, 0) is 4.79 Å². The molecule has 1 atom stereocenters. The Labute approximate surface area is 130 Å². The van der Waals surface area contributed by atoms with Gasteiger partial charge >= 0.3 is 0 Å². The molecule has 2 N–H and O–H groups in total. The largest absolute Gasteiger partial charge is 0.378 e. The molecule has 0 aromatic heterocycles. The SMILES string of the molecule is CSc1ccccc1NC(C)c1cccc(NC(C)=O)c1. The van der Waals surface area contributed by atoms with Gasteiger partial charge in [0.15, 0.2) is 0 Å². The fourth-order valence-electron chi connectivity index (χ4n) is 2.17. The van der Waals surface area contributed by atoms with Gasteiger partial charge in [-0.3, -0.25) is 4.79 Å². The van der Waals surface area contributed by atoms with Crippen LogP contribution in [0.4, 0.5) is 11.4 Å². The zero-order valence-corrected chi connectivity index (χ0v) is 13.3. The first-order chi connectivity index (χ1) is 10.1. The fraction of sp³-hybridized carbons (Fsp3) is 0.235. The van der Waals surface area contributed by atoms with Gasteiger partial charge in [-0.05, 0) is 43.0 Å². The van der Waals surface area contributed by atoms with Crippen molar-refractivity contribution in [3.63, 3.8) is 0 Å². The number of benzene rings is 2. The van der Waals surface area contributed by atoms with Crippen LogP contribution >= 0.6 is 11.8 Å². The number of para-hydroxylation sites is 1. The average Bonchev–Trinajstić information content (AvgIpc) is 2.47. The quantitative estimate of drug-likeness (QED) is 0.797. The van der Waals surface area contributed by atoms with Gasteiger partial charge in [0, 0.05) is 29.2 Å². The van der Waals surface area contributed by atoms with E-state index in [9.17, 15) is 4.79 Å². The lowest BCUT2D eigenvalue weighted by Gasteiger charge is -2.18. The highest BCUT2D eigenvalue weighted by Crippen LogP contribution is 2.28. The first-order valence-electron chi connectivity index (χ1n) is 6.87. The van der Waals surface area contributed by atoms with E-state index in [-0.39, 0.29) is 11.9 Å². The van der Waals surface area contributed by atoms with Crippen LogP contribution in [0.25, 0.3) is 0 Å². The smallest absolute Gasteiger partial charge is 0.221 e. The monoisotopic (exact) mass is 300 g/mol. The minimum atomic E-state index is -0.0551. The molecule has 2 rings (SSSR count). The number of carbonyl (C=O) groups is 1. The van der Waals surface area contributed by atoms with Crippen LogP contribution in [0.3, 0.4) is 0 Å². The van der Waals surface area contributed by atoms with Crippen molar-refractivity contribution in [2.75, 3.05) is 16.9 Å². The van der Waals surface area contributed by atoms with Crippen molar-refractivity contribution in [3.8, 4) is 0 Å². The summed E-state index contributed by atoms with van der Waals surface area (Å²) in [6.45, 7) is 3.63. The lowest BCUT2D eigenvalue weighted by atomic mass is 10.1. The third kappa shape index (κ3) is 4.26. The molecular weight excluding hydrogens is 280 g/mol. The maximum Gasteiger partial charge on any atom is 0.221 e. The van der Waals surface area contributed by atoms with E-state index in [0.29, 0.717) is 0 Å². The molecule has 0 radical (unpaired) electrons. The molecule has 0 heterocycles. The van der Waals surface area contributed by atoms with E-state index in [2.05, 4.69) is 42.0 Å². The molecule has 0 saturated heterocycles. The zero-order valence-electron chi connectivity index (χ0n) is 12.5. The van der Waals surface area contributed by atoms with Crippen LogP contribution < -0.4 is 10.6 Å². The summed E-state index contributed by atoms with van der Waals surface area (Å²) in [5.41, 5.74) is 3.09. The summed E-state index contributed by atoms with van der Waals surface area (Å²) >= 11 is 1.72. The summed E-state index contributed by atoms with van der Waals surface area (Å²) in [4.78, 5) is 12.4. The molecule has 3 nitrogen and oxygen atoms in total. The van der Waals surface area contributed by atoms with Crippen molar-refractivity contribution in [1.29, 1.82) is 0 Å². The summed E-state index contributed by atoms with van der Waals surface area (Å²) < 4.78 is 0. The molecule has 2 aromatic carbocycles. The Bertz CT molecular complexity index is 628. The third-order valence-electron chi connectivity index (χ3n) is 3.19. The second-order valence-electron chi connectivity index (χ2n) is 4.87. The Morgan fingerprint density at radius 2 is 1.90 bits per heavy atom. The van der Waals surface area contributed by atoms with E-state index in [1.54, 1.807) is 11.8 Å². The van der Waals surface area contributed by atoms with Crippen LogP contribution in [0, 0.1) is 0 Å². The highest BCUT2D eigenvalue weighted by molar-refractivity contribution is 7.98. The van der Waals surface area contributed by atoms with Gasteiger partial charge in [0.2, 0.25) is 5.91 Å². The van der Waals surface area contributed by atoms with Gasteiger partial charge < -0.3 is 10.6 Å². The molecule has 1 unspecified atom stereocenters. The second-order valence-corrected chi connectivity index (χ2v) is 5.72. The Morgan fingerprint density at radius 1 is 1.14 bits per heavy atom. The number of nitrogens with one attached hydrogen (secondary N) is 2. The number of amides is 1. The second kappa shape index (κ2) is 7.18.